The summed E-state index contributed by atoms with van der Waals surface area (Å²) in [5.41, 5.74) is 8.66. The molecule has 0 amide bonds. The van der Waals surface area contributed by atoms with Crippen LogP contribution in [0.4, 0.5) is 0 Å². The highest BCUT2D eigenvalue weighted by atomic mass is 32.1. The molecule has 11 aromatic carbocycles. The predicted octanol–water partition coefficient (Wildman–Crippen LogP) is 16.3. The van der Waals surface area contributed by atoms with Gasteiger partial charge in [-0.2, -0.15) is 0 Å². The molecule has 2 aromatic heterocycles. The molecule has 2 heteroatoms. The quantitative estimate of drug-likeness (QED) is 0.125. The van der Waals surface area contributed by atoms with Crippen LogP contribution in [0.5, 0.6) is 0 Å². The minimum absolute atomic E-state index is 1.17. The molecule has 0 saturated heterocycles. The molecule has 0 saturated carbocycles. The Morgan fingerprint density at radius 1 is 0.259 bits per heavy atom. The second kappa shape index (κ2) is 12.1. The van der Waals surface area contributed by atoms with Gasteiger partial charge in [0.15, 0.2) is 0 Å². The van der Waals surface area contributed by atoms with Crippen LogP contribution in [-0.2, 0) is 0 Å². The molecule has 1 nitrogen and oxygen atoms in total. The second-order valence-corrected chi connectivity index (χ2v) is 16.6. The van der Waals surface area contributed by atoms with Gasteiger partial charge in [-0.3, -0.25) is 0 Å². The van der Waals surface area contributed by atoms with Gasteiger partial charge in [0.25, 0.3) is 0 Å². The summed E-state index contributed by atoms with van der Waals surface area (Å²) in [7, 11) is 0. The Kier molecular flexibility index (Phi) is 6.66. The Balaban J connectivity index is 1.04. The highest BCUT2D eigenvalue weighted by Crippen LogP contribution is 2.47. The van der Waals surface area contributed by atoms with E-state index in [0.29, 0.717) is 0 Å². The van der Waals surface area contributed by atoms with Gasteiger partial charge in [-0.05, 0) is 125 Å². The maximum Gasteiger partial charge on any atom is 0.0541 e. The average molecular weight is 752 g/mol. The summed E-state index contributed by atoms with van der Waals surface area (Å²) in [5.74, 6) is 0. The van der Waals surface area contributed by atoms with Gasteiger partial charge in [0.05, 0.1) is 11.0 Å². The van der Waals surface area contributed by atoms with Crippen LogP contribution in [0, 0.1) is 0 Å². The van der Waals surface area contributed by atoms with Crippen molar-refractivity contribution in [2.75, 3.05) is 0 Å². The van der Waals surface area contributed by atoms with E-state index < -0.39 is 0 Å². The third-order valence-electron chi connectivity index (χ3n) is 12.5. The van der Waals surface area contributed by atoms with Crippen LogP contribution in [0.1, 0.15) is 0 Å². The Hall–Kier alpha value is -7.26. The smallest absolute Gasteiger partial charge is 0.0541 e. The molecular formula is C56H33NS. The van der Waals surface area contributed by atoms with Gasteiger partial charge in [0.1, 0.15) is 0 Å². The van der Waals surface area contributed by atoms with E-state index in [-0.39, 0.29) is 0 Å². The molecule has 268 valence electrons. The van der Waals surface area contributed by atoms with Crippen molar-refractivity contribution in [2.45, 2.75) is 0 Å². The van der Waals surface area contributed by atoms with E-state index in [2.05, 4.69) is 205 Å². The third kappa shape index (κ3) is 4.46. The van der Waals surface area contributed by atoms with Crippen LogP contribution in [0.3, 0.4) is 0 Å². The van der Waals surface area contributed by atoms with Crippen molar-refractivity contribution in [2.24, 2.45) is 0 Å². The highest BCUT2D eigenvalue weighted by Gasteiger charge is 2.20. The Morgan fingerprint density at radius 3 is 1.33 bits per heavy atom. The highest BCUT2D eigenvalue weighted by molar-refractivity contribution is 7.26. The fourth-order valence-electron chi connectivity index (χ4n) is 10.1. The summed E-state index contributed by atoms with van der Waals surface area (Å²) in [4.78, 5) is 0. The van der Waals surface area contributed by atoms with Crippen LogP contribution in [0.15, 0.2) is 200 Å². The maximum atomic E-state index is 2.45. The zero-order valence-corrected chi connectivity index (χ0v) is 32.2. The molecule has 13 rings (SSSR count). The fourth-order valence-corrected chi connectivity index (χ4v) is 11.2. The molecule has 2 heterocycles. The third-order valence-corrected chi connectivity index (χ3v) is 13.6. The molecule has 0 atom stereocenters. The molecule has 0 unspecified atom stereocenters. The van der Waals surface area contributed by atoms with E-state index in [4.69, 9.17) is 0 Å². The van der Waals surface area contributed by atoms with Crippen LogP contribution < -0.4 is 0 Å². The van der Waals surface area contributed by atoms with Crippen molar-refractivity contribution >= 4 is 107 Å². The summed E-state index contributed by atoms with van der Waals surface area (Å²) in [6.45, 7) is 0. The first kappa shape index (κ1) is 31.9. The van der Waals surface area contributed by atoms with Crippen molar-refractivity contribution < 1.29 is 0 Å². The van der Waals surface area contributed by atoms with Crippen LogP contribution in [-0.4, -0.2) is 4.57 Å². The zero-order valence-electron chi connectivity index (χ0n) is 31.4. The molecule has 58 heavy (non-hydrogen) atoms. The van der Waals surface area contributed by atoms with Crippen molar-refractivity contribution in [1.29, 1.82) is 0 Å². The first-order valence-electron chi connectivity index (χ1n) is 20.0. The molecular weight excluding hydrogens is 719 g/mol. The van der Waals surface area contributed by atoms with Gasteiger partial charge in [0, 0.05) is 36.6 Å². The molecule has 13 aromatic rings. The summed E-state index contributed by atoms with van der Waals surface area (Å²) >= 11 is 1.91. The van der Waals surface area contributed by atoms with E-state index in [1.54, 1.807) is 0 Å². The standard InChI is InChI=1S/C56H33NS/c1-2-14-36(15-3-1)57-51-25-13-12-20-41(51)49-30-34(27-29-52(49)57)55-43-21-8-10-23-45(43)56(46-24-11-9-22-44(46)55)35-26-28-42-50-32-47-39-18-6-4-16-37(39)38-17-5-7-19-40(38)48(47)33-54(50)58-53(42)31-35/h1-33H. The normalized spacial score (nSPS) is 12.1. The second-order valence-electron chi connectivity index (χ2n) is 15.6. The van der Waals surface area contributed by atoms with Gasteiger partial charge < -0.3 is 4.57 Å². The lowest BCUT2D eigenvalue weighted by Crippen LogP contribution is -1.93. The molecule has 0 fully saturated rings. The monoisotopic (exact) mass is 751 g/mol. The topological polar surface area (TPSA) is 4.93 Å². The lowest BCUT2D eigenvalue weighted by atomic mass is 9.85. The molecule has 0 radical (unpaired) electrons. The molecule has 0 N–H and O–H groups in total. The lowest BCUT2D eigenvalue weighted by Gasteiger charge is -2.18. The number of rotatable bonds is 3. The van der Waals surface area contributed by atoms with E-state index in [1.165, 1.54) is 124 Å². The van der Waals surface area contributed by atoms with Gasteiger partial charge in [-0.1, -0.05) is 152 Å². The van der Waals surface area contributed by atoms with Crippen LogP contribution in [0.25, 0.3) is 124 Å². The Bertz CT molecular complexity index is 3790. The number of hydrogen-bond acceptors (Lipinski definition) is 1. The number of nitrogens with zero attached hydrogens (tertiary/aromatic N) is 1. The van der Waals surface area contributed by atoms with Gasteiger partial charge in [-0.15, -0.1) is 11.3 Å². The van der Waals surface area contributed by atoms with Crippen molar-refractivity contribution in [3.63, 3.8) is 0 Å². The predicted molar refractivity (Wildman–Crippen MR) is 252 cm³/mol. The number of para-hydroxylation sites is 2. The number of fused-ring (bicyclic) bond motifs is 14. The summed E-state index contributed by atoms with van der Waals surface area (Å²) in [6.07, 6.45) is 0. The number of benzene rings is 11. The van der Waals surface area contributed by atoms with Gasteiger partial charge >= 0.3 is 0 Å². The molecule has 0 bridgehead atoms. The van der Waals surface area contributed by atoms with Gasteiger partial charge in [0.2, 0.25) is 0 Å². The van der Waals surface area contributed by atoms with Crippen molar-refractivity contribution in [3.05, 3.63) is 200 Å². The maximum absolute atomic E-state index is 2.45. The minimum Gasteiger partial charge on any atom is -0.309 e. The number of hydrogen-bond donors (Lipinski definition) is 0. The summed E-state index contributed by atoms with van der Waals surface area (Å²) in [5, 5.41) is 18.1. The first-order chi connectivity index (χ1) is 28.8. The summed E-state index contributed by atoms with van der Waals surface area (Å²) < 4.78 is 5.04. The average Bonchev–Trinajstić information content (AvgIpc) is 3.82. The lowest BCUT2D eigenvalue weighted by molar-refractivity contribution is 1.18. The van der Waals surface area contributed by atoms with E-state index in [0.717, 1.165) is 0 Å². The minimum atomic E-state index is 1.17. The van der Waals surface area contributed by atoms with E-state index in [1.807, 2.05) is 11.3 Å². The molecule has 0 aliphatic heterocycles. The molecule has 0 aliphatic carbocycles. The Morgan fingerprint density at radius 2 is 0.707 bits per heavy atom. The number of thiophene rings is 1. The zero-order chi connectivity index (χ0) is 37.9. The summed E-state index contributed by atoms with van der Waals surface area (Å²) in [6, 6.07) is 74.4. The fraction of sp³-hybridized carbons (Fsp3) is 0. The van der Waals surface area contributed by atoms with Gasteiger partial charge in [-0.25, -0.2) is 0 Å². The van der Waals surface area contributed by atoms with E-state index >= 15 is 0 Å². The van der Waals surface area contributed by atoms with Crippen molar-refractivity contribution in [3.8, 4) is 27.9 Å². The molecule has 0 aliphatic rings. The number of aromatic nitrogens is 1. The van der Waals surface area contributed by atoms with E-state index in [9.17, 15) is 0 Å². The first-order valence-corrected chi connectivity index (χ1v) is 20.8. The van der Waals surface area contributed by atoms with Crippen LogP contribution in [0.2, 0.25) is 0 Å². The van der Waals surface area contributed by atoms with Crippen LogP contribution >= 0.6 is 11.3 Å². The SMILES string of the molecule is c1ccc(-n2c3ccccc3c3cc(-c4c5ccccc5c(-c5ccc6c(c5)sc5cc7c8ccccc8c8ccccc8c7cc56)c5ccccc45)ccc32)cc1. The van der Waals surface area contributed by atoms with Crippen molar-refractivity contribution in [1.82, 2.24) is 4.57 Å². The molecule has 0 spiro atoms. The Labute approximate surface area is 338 Å². The largest absolute Gasteiger partial charge is 0.309 e.